The molecule has 0 radical (unpaired) electrons. The largest absolute Gasteiger partial charge is 0.392 e. The van der Waals surface area contributed by atoms with E-state index < -0.39 is 0 Å². The molecule has 1 fully saturated rings. The van der Waals surface area contributed by atoms with E-state index in [1.165, 1.54) is 38.5 Å². The highest BCUT2D eigenvalue weighted by atomic mass is 16.3. The van der Waals surface area contributed by atoms with E-state index in [0.717, 1.165) is 25.3 Å². The molecular weight excluding hydrogens is 222 g/mol. The summed E-state index contributed by atoms with van der Waals surface area (Å²) in [5.41, 5.74) is 0. The van der Waals surface area contributed by atoms with Gasteiger partial charge in [-0.1, -0.05) is 46.5 Å². The third kappa shape index (κ3) is 5.27. The lowest BCUT2D eigenvalue weighted by Crippen LogP contribution is -2.40. The van der Waals surface area contributed by atoms with Gasteiger partial charge in [0.25, 0.3) is 0 Å². The first-order chi connectivity index (χ1) is 8.71. The van der Waals surface area contributed by atoms with E-state index in [0.29, 0.717) is 12.0 Å². The average molecular weight is 255 g/mol. The van der Waals surface area contributed by atoms with E-state index in [9.17, 15) is 5.11 Å². The third-order valence-electron chi connectivity index (χ3n) is 4.75. The maximum Gasteiger partial charge on any atom is 0.0692 e. The standard InChI is InChI=1S/C16H33NO/c1-4-7-13-8-10-15(11-9-13)17-12-16(18)14(5-2)6-3/h13-18H,4-12H2,1-3H3. The Bertz CT molecular complexity index is 195. The molecule has 1 atom stereocenters. The molecule has 0 aromatic rings. The summed E-state index contributed by atoms with van der Waals surface area (Å²) in [6.45, 7) is 7.42. The first kappa shape index (κ1) is 16.0. The third-order valence-corrected chi connectivity index (χ3v) is 4.75. The summed E-state index contributed by atoms with van der Waals surface area (Å²) < 4.78 is 0. The lowest BCUT2D eigenvalue weighted by Gasteiger charge is -2.30. The molecule has 0 spiro atoms. The molecule has 0 aromatic heterocycles. The van der Waals surface area contributed by atoms with Crippen LogP contribution in [0.3, 0.4) is 0 Å². The van der Waals surface area contributed by atoms with Crippen molar-refractivity contribution in [1.82, 2.24) is 5.32 Å². The maximum atomic E-state index is 10.1. The van der Waals surface area contributed by atoms with Crippen molar-refractivity contribution in [3.63, 3.8) is 0 Å². The van der Waals surface area contributed by atoms with Crippen LogP contribution in [0.25, 0.3) is 0 Å². The van der Waals surface area contributed by atoms with Gasteiger partial charge in [0.05, 0.1) is 6.10 Å². The zero-order valence-electron chi connectivity index (χ0n) is 12.6. The van der Waals surface area contributed by atoms with Gasteiger partial charge in [-0.05, 0) is 37.5 Å². The van der Waals surface area contributed by atoms with Gasteiger partial charge in [0.2, 0.25) is 0 Å². The minimum absolute atomic E-state index is 0.159. The van der Waals surface area contributed by atoms with Gasteiger partial charge in [-0.25, -0.2) is 0 Å². The normalized spacial score (nSPS) is 26.5. The van der Waals surface area contributed by atoms with Crippen LogP contribution in [-0.4, -0.2) is 23.8 Å². The van der Waals surface area contributed by atoms with Crippen LogP contribution in [0.2, 0.25) is 0 Å². The van der Waals surface area contributed by atoms with E-state index in [1.54, 1.807) is 0 Å². The number of hydrogen-bond acceptors (Lipinski definition) is 2. The van der Waals surface area contributed by atoms with Crippen LogP contribution in [0, 0.1) is 11.8 Å². The van der Waals surface area contributed by atoms with Crippen molar-refractivity contribution in [2.45, 2.75) is 84.3 Å². The molecule has 0 heterocycles. The van der Waals surface area contributed by atoms with E-state index in [4.69, 9.17) is 0 Å². The predicted octanol–water partition coefficient (Wildman–Crippen LogP) is 3.73. The maximum absolute atomic E-state index is 10.1. The Balaban J connectivity index is 2.17. The molecule has 0 bridgehead atoms. The average Bonchev–Trinajstić information content (AvgIpc) is 2.40. The number of hydrogen-bond donors (Lipinski definition) is 2. The van der Waals surface area contributed by atoms with Crippen molar-refractivity contribution in [1.29, 1.82) is 0 Å². The van der Waals surface area contributed by atoms with E-state index in [2.05, 4.69) is 26.1 Å². The lowest BCUT2D eigenvalue weighted by molar-refractivity contribution is 0.0951. The highest BCUT2D eigenvalue weighted by Crippen LogP contribution is 2.27. The van der Waals surface area contributed by atoms with E-state index >= 15 is 0 Å². The van der Waals surface area contributed by atoms with Crippen molar-refractivity contribution in [2.75, 3.05) is 6.54 Å². The number of aliphatic hydroxyl groups is 1. The summed E-state index contributed by atoms with van der Waals surface area (Å²) in [5, 5.41) is 13.7. The monoisotopic (exact) mass is 255 g/mol. The molecule has 0 saturated heterocycles. The Morgan fingerprint density at radius 1 is 1.06 bits per heavy atom. The molecule has 2 nitrogen and oxygen atoms in total. The van der Waals surface area contributed by atoms with Crippen molar-refractivity contribution in [3.8, 4) is 0 Å². The van der Waals surface area contributed by atoms with Crippen LogP contribution in [-0.2, 0) is 0 Å². The molecule has 18 heavy (non-hydrogen) atoms. The minimum Gasteiger partial charge on any atom is -0.392 e. The Kier molecular flexibility index (Phi) is 7.92. The number of rotatable bonds is 8. The van der Waals surface area contributed by atoms with Crippen molar-refractivity contribution in [2.24, 2.45) is 11.8 Å². The highest BCUT2D eigenvalue weighted by molar-refractivity contribution is 4.79. The molecule has 0 amide bonds. The molecule has 108 valence electrons. The van der Waals surface area contributed by atoms with Gasteiger partial charge in [-0.15, -0.1) is 0 Å². The molecule has 1 aliphatic carbocycles. The second kappa shape index (κ2) is 8.92. The van der Waals surface area contributed by atoms with Crippen LogP contribution in [0.1, 0.15) is 72.1 Å². The fourth-order valence-electron chi connectivity index (χ4n) is 3.35. The minimum atomic E-state index is -0.159. The van der Waals surface area contributed by atoms with E-state index in [1.807, 2.05) is 0 Å². The molecule has 1 saturated carbocycles. The van der Waals surface area contributed by atoms with Gasteiger partial charge in [0.15, 0.2) is 0 Å². The predicted molar refractivity (Wildman–Crippen MR) is 78.7 cm³/mol. The van der Waals surface area contributed by atoms with Gasteiger partial charge >= 0.3 is 0 Å². The highest BCUT2D eigenvalue weighted by Gasteiger charge is 2.22. The fraction of sp³-hybridized carbons (Fsp3) is 1.00. The molecule has 1 aliphatic rings. The van der Waals surface area contributed by atoms with Crippen LogP contribution in [0.5, 0.6) is 0 Å². The van der Waals surface area contributed by atoms with Gasteiger partial charge in [-0.2, -0.15) is 0 Å². The number of aliphatic hydroxyl groups excluding tert-OH is 1. The van der Waals surface area contributed by atoms with Crippen molar-refractivity contribution in [3.05, 3.63) is 0 Å². The van der Waals surface area contributed by atoms with Crippen LogP contribution < -0.4 is 5.32 Å². The molecular formula is C16H33NO. The first-order valence-electron chi connectivity index (χ1n) is 8.12. The van der Waals surface area contributed by atoms with Gasteiger partial charge in [-0.3, -0.25) is 0 Å². The Morgan fingerprint density at radius 2 is 1.67 bits per heavy atom. The Labute approximate surface area is 114 Å². The second-order valence-electron chi connectivity index (χ2n) is 6.06. The quantitative estimate of drug-likeness (QED) is 0.692. The zero-order chi connectivity index (χ0) is 13.4. The molecule has 2 heteroatoms. The van der Waals surface area contributed by atoms with E-state index in [-0.39, 0.29) is 6.10 Å². The summed E-state index contributed by atoms with van der Waals surface area (Å²) in [6, 6.07) is 0.655. The smallest absolute Gasteiger partial charge is 0.0692 e. The summed E-state index contributed by atoms with van der Waals surface area (Å²) in [7, 11) is 0. The Hall–Kier alpha value is -0.0800. The zero-order valence-corrected chi connectivity index (χ0v) is 12.6. The molecule has 2 N–H and O–H groups in total. The summed E-state index contributed by atoms with van der Waals surface area (Å²) in [6.07, 6.45) is 10.1. The van der Waals surface area contributed by atoms with Gasteiger partial charge in [0, 0.05) is 12.6 Å². The van der Waals surface area contributed by atoms with Crippen molar-refractivity contribution >= 4 is 0 Å². The molecule has 1 unspecified atom stereocenters. The van der Waals surface area contributed by atoms with Gasteiger partial charge in [0.1, 0.15) is 0 Å². The summed E-state index contributed by atoms with van der Waals surface area (Å²) in [4.78, 5) is 0. The summed E-state index contributed by atoms with van der Waals surface area (Å²) in [5.74, 6) is 1.44. The van der Waals surface area contributed by atoms with Gasteiger partial charge < -0.3 is 10.4 Å². The van der Waals surface area contributed by atoms with Crippen molar-refractivity contribution < 1.29 is 5.11 Å². The first-order valence-corrected chi connectivity index (χ1v) is 8.12. The second-order valence-corrected chi connectivity index (χ2v) is 6.06. The number of nitrogens with one attached hydrogen (secondary N) is 1. The molecule has 1 rings (SSSR count). The Morgan fingerprint density at radius 3 is 2.17 bits per heavy atom. The van der Waals surface area contributed by atoms with Crippen LogP contribution in [0.15, 0.2) is 0 Å². The summed E-state index contributed by atoms with van der Waals surface area (Å²) >= 11 is 0. The fourth-order valence-corrected chi connectivity index (χ4v) is 3.35. The van der Waals surface area contributed by atoms with Crippen LogP contribution in [0.4, 0.5) is 0 Å². The molecule has 0 aromatic carbocycles. The van der Waals surface area contributed by atoms with Crippen LogP contribution >= 0.6 is 0 Å². The topological polar surface area (TPSA) is 32.3 Å². The SMILES string of the molecule is CCCC1CCC(NCC(O)C(CC)CC)CC1. The lowest BCUT2D eigenvalue weighted by atomic mass is 9.83. The molecule has 0 aliphatic heterocycles.